The van der Waals surface area contributed by atoms with E-state index in [1.165, 1.54) is 0 Å². The molecule has 0 fully saturated rings. The number of rotatable bonds is 2. The van der Waals surface area contributed by atoms with Crippen molar-refractivity contribution in [2.75, 3.05) is 23.9 Å². The Bertz CT molecular complexity index is 33.8. The Morgan fingerprint density at radius 1 is 0.818 bits per heavy atom. The van der Waals surface area contributed by atoms with Crippen LogP contribution in [0.15, 0.2) is 0 Å². The Morgan fingerprint density at radius 2 is 1.00 bits per heavy atom. The second-order valence-corrected chi connectivity index (χ2v) is 2.60. The Balaban J connectivity index is -0.0000000933. The third kappa shape index (κ3) is 95.0. The molecule has 11 heavy (non-hydrogen) atoms. The van der Waals surface area contributed by atoms with Gasteiger partial charge in [-0.25, -0.2) is 0 Å². The molecular formula is C6H14Cl4O. The fourth-order valence-electron chi connectivity index (χ4n) is 0.204. The summed E-state index contributed by atoms with van der Waals surface area (Å²) >= 11 is 19.1. The van der Waals surface area contributed by atoms with Crippen LogP contribution in [-0.2, 0) is 4.74 Å². The van der Waals surface area contributed by atoms with Crippen LogP contribution in [0.1, 0.15) is 13.8 Å². The van der Waals surface area contributed by atoms with Crippen molar-refractivity contribution in [1.29, 1.82) is 0 Å². The Morgan fingerprint density at radius 3 is 1.00 bits per heavy atom. The Hall–Kier alpha value is 1.12. The van der Waals surface area contributed by atoms with E-state index in [1.807, 2.05) is 13.8 Å². The highest BCUT2D eigenvalue weighted by Gasteiger charge is 1.64. The van der Waals surface area contributed by atoms with Gasteiger partial charge < -0.3 is 4.74 Å². The van der Waals surface area contributed by atoms with Crippen molar-refractivity contribution in [3.05, 3.63) is 0 Å². The van der Waals surface area contributed by atoms with E-state index in [9.17, 15) is 0 Å². The van der Waals surface area contributed by atoms with Gasteiger partial charge in [0.05, 0.1) is 10.7 Å². The van der Waals surface area contributed by atoms with E-state index in [2.05, 4.69) is 0 Å². The molecule has 0 atom stereocenters. The molecule has 0 bridgehead atoms. The number of ether oxygens (including phenoxy) is 1. The summed E-state index contributed by atoms with van der Waals surface area (Å²) in [6.07, 6.45) is 0. The van der Waals surface area contributed by atoms with Gasteiger partial charge in [0.25, 0.3) is 0 Å². The first kappa shape index (κ1) is 18.0. The average Bonchev–Trinajstić information content (AvgIpc) is 1.92. The van der Waals surface area contributed by atoms with Gasteiger partial charge in [-0.15, -0.1) is 46.4 Å². The predicted molar refractivity (Wildman–Crippen MR) is 55.3 cm³/mol. The minimum absolute atomic E-state index is 0.194. The maximum absolute atomic E-state index is 4.83. The van der Waals surface area contributed by atoms with Crippen LogP contribution >= 0.6 is 46.4 Å². The van der Waals surface area contributed by atoms with E-state index < -0.39 is 0 Å². The highest BCUT2D eigenvalue weighted by molar-refractivity contribution is 6.40. The zero-order valence-corrected chi connectivity index (χ0v) is 9.77. The first-order chi connectivity index (χ1) is 5.24. The molecular weight excluding hydrogens is 230 g/mol. The number of hydrogen-bond acceptors (Lipinski definition) is 1. The van der Waals surface area contributed by atoms with Gasteiger partial charge in [0, 0.05) is 13.2 Å². The SMILES string of the molecule is CCOCC.ClCCl.ClCCl. The molecule has 0 N–H and O–H groups in total. The lowest BCUT2D eigenvalue weighted by Gasteiger charge is -1.86. The maximum Gasteiger partial charge on any atom is 0.0967 e. The van der Waals surface area contributed by atoms with Gasteiger partial charge in [-0.3, -0.25) is 0 Å². The van der Waals surface area contributed by atoms with Gasteiger partial charge in [0.2, 0.25) is 0 Å². The third-order valence-electron chi connectivity index (χ3n) is 0.408. The van der Waals surface area contributed by atoms with Crippen LogP contribution in [0, 0.1) is 0 Å². The second kappa shape index (κ2) is 30.4. The highest BCUT2D eigenvalue weighted by atomic mass is 35.5. The minimum atomic E-state index is 0.194. The van der Waals surface area contributed by atoms with Crippen molar-refractivity contribution in [1.82, 2.24) is 0 Å². The summed E-state index contributed by atoms with van der Waals surface area (Å²) in [7, 11) is 0. The first-order valence-corrected chi connectivity index (χ1v) is 5.20. The molecule has 0 aromatic heterocycles. The lowest BCUT2D eigenvalue weighted by Crippen LogP contribution is -1.84. The van der Waals surface area contributed by atoms with Crippen LogP contribution in [0.5, 0.6) is 0 Å². The van der Waals surface area contributed by atoms with Crippen LogP contribution in [0.3, 0.4) is 0 Å². The molecule has 1 nitrogen and oxygen atoms in total. The fraction of sp³-hybridized carbons (Fsp3) is 1.00. The quantitative estimate of drug-likeness (QED) is 0.669. The van der Waals surface area contributed by atoms with Crippen molar-refractivity contribution in [3.63, 3.8) is 0 Å². The van der Waals surface area contributed by atoms with Crippen molar-refractivity contribution in [2.24, 2.45) is 0 Å². The molecule has 0 aromatic carbocycles. The van der Waals surface area contributed by atoms with Gasteiger partial charge in [0.1, 0.15) is 0 Å². The monoisotopic (exact) mass is 242 g/mol. The van der Waals surface area contributed by atoms with Crippen LogP contribution in [0.25, 0.3) is 0 Å². The van der Waals surface area contributed by atoms with E-state index in [4.69, 9.17) is 51.1 Å². The van der Waals surface area contributed by atoms with E-state index in [1.54, 1.807) is 0 Å². The number of hydrogen-bond donors (Lipinski definition) is 0. The van der Waals surface area contributed by atoms with Crippen molar-refractivity contribution in [2.45, 2.75) is 13.8 Å². The summed E-state index contributed by atoms with van der Waals surface area (Å²) in [4.78, 5) is 0. The van der Waals surface area contributed by atoms with E-state index in [0.29, 0.717) is 0 Å². The molecule has 0 aliphatic carbocycles. The van der Waals surface area contributed by atoms with Crippen molar-refractivity contribution < 1.29 is 4.74 Å². The van der Waals surface area contributed by atoms with Gasteiger partial charge in [-0.2, -0.15) is 0 Å². The molecule has 0 amide bonds. The normalized spacial score (nSPS) is 7.09. The van der Waals surface area contributed by atoms with E-state index in [0.717, 1.165) is 13.2 Å². The Kier molecular flexibility index (Phi) is 49.8. The van der Waals surface area contributed by atoms with E-state index in [-0.39, 0.29) is 10.7 Å². The minimum Gasteiger partial charge on any atom is -0.382 e. The highest BCUT2D eigenvalue weighted by Crippen LogP contribution is 1.73. The summed E-state index contributed by atoms with van der Waals surface area (Å²) in [6, 6.07) is 0. The summed E-state index contributed by atoms with van der Waals surface area (Å²) in [5.74, 6) is 0. The zero-order valence-electron chi connectivity index (χ0n) is 6.75. The first-order valence-electron chi connectivity index (χ1n) is 3.06. The van der Waals surface area contributed by atoms with Gasteiger partial charge >= 0.3 is 0 Å². The smallest absolute Gasteiger partial charge is 0.0967 e. The molecule has 0 aliphatic rings. The van der Waals surface area contributed by atoms with Gasteiger partial charge in [0.15, 0.2) is 0 Å². The summed E-state index contributed by atoms with van der Waals surface area (Å²) in [5.41, 5.74) is 0. The zero-order chi connectivity index (χ0) is 9.54. The molecule has 0 rings (SSSR count). The predicted octanol–water partition coefficient (Wildman–Crippen LogP) is 3.89. The molecule has 0 unspecified atom stereocenters. The molecule has 72 valence electrons. The molecule has 0 spiro atoms. The fourth-order valence-corrected chi connectivity index (χ4v) is 0.204. The molecule has 0 radical (unpaired) electrons. The number of alkyl halides is 4. The lowest BCUT2D eigenvalue weighted by molar-refractivity contribution is 0.162. The summed E-state index contributed by atoms with van der Waals surface area (Å²) in [6.45, 7) is 5.67. The van der Waals surface area contributed by atoms with Gasteiger partial charge in [-0.1, -0.05) is 0 Å². The lowest BCUT2D eigenvalue weighted by atomic mass is 10.8. The molecule has 5 heteroatoms. The standard InChI is InChI=1S/C4H10O.2CH2Cl2/c1-3-5-4-2;2*2-1-3/h3-4H2,1-2H3;2*1H2. The maximum atomic E-state index is 4.83. The van der Waals surface area contributed by atoms with Crippen molar-refractivity contribution >= 4 is 46.4 Å². The molecule has 0 saturated heterocycles. The van der Waals surface area contributed by atoms with E-state index >= 15 is 0 Å². The van der Waals surface area contributed by atoms with Gasteiger partial charge in [-0.05, 0) is 13.8 Å². The molecule has 0 aliphatic heterocycles. The van der Waals surface area contributed by atoms with Crippen molar-refractivity contribution in [3.8, 4) is 0 Å². The molecule has 0 saturated carbocycles. The molecule has 0 heterocycles. The largest absolute Gasteiger partial charge is 0.382 e. The van der Waals surface area contributed by atoms with Crippen LogP contribution in [-0.4, -0.2) is 23.9 Å². The third-order valence-corrected chi connectivity index (χ3v) is 0.408. The summed E-state index contributed by atoms with van der Waals surface area (Å²) < 4.78 is 4.83. The van der Waals surface area contributed by atoms with Crippen LogP contribution < -0.4 is 0 Å². The average molecular weight is 244 g/mol. The van der Waals surface area contributed by atoms with Crippen LogP contribution in [0.2, 0.25) is 0 Å². The van der Waals surface area contributed by atoms with Crippen LogP contribution in [0.4, 0.5) is 0 Å². The Labute approximate surface area is 88.9 Å². The topological polar surface area (TPSA) is 9.23 Å². The second-order valence-electron chi connectivity index (χ2n) is 0.984. The number of halogens is 4. The molecule has 0 aromatic rings. The summed E-state index contributed by atoms with van der Waals surface area (Å²) in [5, 5.41) is 0.389.